The number of methoxy groups -OCH3 is 1. The number of allylic oxidation sites excluding steroid dienone is 1. The summed E-state index contributed by atoms with van der Waals surface area (Å²) in [5, 5.41) is 0. The molecular formula is C28H19Br2FN2O2S. The molecule has 4 nitrogen and oxygen atoms in total. The molecule has 1 aliphatic carbocycles. The highest BCUT2D eigenvalue weighted by Gasteiger charge is 2.32. The first kappa shape index (κ1) is 23.6. The van der Waals surface area contributed by atoms with Gasteiger partial charge in [-0.3, -0.25) is 9.36 Å². The third kappa shape index (κ3) is 3.92. The number of fused-ring (bicyclic) bond motifs is 3. The van der Waals surface area contributed by atoms with Gasteiger partial charge in [0.1, 0.15) is 11.6 Å². The monoisotopic (exact) mass is 624 g/mol. The topological polar surface area (TPSA) is 43.6 Å². The van der Waals surface area contributed by atoms with E-state index in [4.69, 9.17) is 9.73 Å². The highest BCUT2D eigenvalue weighted by molar-refractivity contribution is 9.11. The van der Waals surface area contributed by atoms with Crippen LogP contribution < -0.4 is 19.6 Å². The molecule has 3 aromatic carbocycles. The van der Waals surface area contributed by atoms with Crippen molar-refractivity contribution in [3.05, 3.63) is 123 Å². The van der Waals surface area contributed by atoms with Crippen molar-refractivity contribution in [1.29, 1.82) is 0 Å². The summed E-state index contributed by atoms with van der Waals surface area (Å²) in [5.74, 6) is 0.342. The summed E-state index contributed by atoms with van der Waals surface area (Å²) >= 11 is 8.42. The zero-order valence-corrected chi connectivity index (χ0v) is 23.1. The average Bonchev–Trinajstić information content (AvgIpc) is 3.17. The predicted molar refractivity (Wildman–Crippen MR) is 148 cm³/mol. The smallest absolute Gasteiger partial charge is 0.271 e. The second-order valence-corrected chi connectivity index (χ2v) is 11.5. The number of aryl methyl sites for hydroxylation is 1. The van der Waals surface area contributed by atoms with Gasteiger partial charge < -0.3 is 4.74 Å². The van der Waals surface area contributed by atoms with Crippen LogP contribution in [0, 0.1) is 5.82 Å². The van der Waals surface area contributed by atoms with Crippen molar-refractivity contribution in [2.75, 3.05) is 7.11 Å². The first-order chi connectivity index (χ1) is 17.4. The van der Waals surface area contributed by atoms with Gasteiger partial charge in [0.2, 0.25) is 0 Å². The minimum Gasteiger partial charge on any atom is -0.495 e. The van der Waals surface area contributed by atoms with Crippen LogP contribution in [-0.4, -0.2) is 11.7 Å². The Hall–Kier alpha value is -2.81. The molecule has 0 N–H and O–H groups in total. The second-order valence-electron chi connectivity index (χ2n) is 8.68. The molecule has 0 bridgehead atoms. The van der Waals surface area contributed by atoms with Crippen LogP contribution in [-0.2, 0) is 6.42 Å². The van der Waals surface area contributed by atoms with Crippen molar-refractivity contribution in [3.8, 4) is 5.75 Å². The Morgan fingerprint density at radius 1 is 1.11 bits per heavy atom. The maximum absolute atomic E-state index is 13.9. The maximum Gasteiger partial charge on any atom is 0.271 e. The number of halogens is 3. The van der Waals surface area contributed by atoms with E-state index in [1.54, 1.807) is 23.8 Å². The van der Waals surface area contributed by atoms with Crippen molar-refractivity contribution >= 4 is 55.0 Å². The van der Waals surface area contributed by atoms with E-state index in [1.807, 2.05) is 30.3 Å². The highest BCUT2D eigenvalue weighted by atomic mass is 79.9. The average molecular weight is 626 g/mol. The number of hydrogen-bond donors (Lipinski definition) is 0. The zero-order valence-electron chi connectivity index (χ0n) is 19.1. The van der Waals surface area contributed by atoms with Crippen molar-refractivity contribution in [3.63, 3.8) is 0 Å². The van der Waals surface area contributed by atoms with Gasteiger partial charge in [0.15, 0.2) is 4.80 Å². The van der Waals surface area contributed by atoms with Crippen LogP contribution >= 0.6 is 43.2 Å². The summed E-state index contributed by atoms with van der Waals surface area (Å²) in [6.45, 7) is 0. The molecule has 0 spiro atoms. The SMILES string of the molecule is COc1c(Br)cc(Br)cc1/C=c1/sc2n(c1=O)[C@@H](c1ccc(F)cc1)C1=C(N=2)c2ccccc2CC1. The van der Waals surface area contributed by atoms with Gasteiger partial charge in [-0.25, -0.2) is 9.38 Å². The van der Waals surface area contributed by atoms with Gasteiger partial charge in [-0.15, -0.1) is 0 Å². The lowest BCUT2D eigenvalue weighted by Crippen LogP contribution is -2.38. The minimum absolute atomic E-state index is 0.128. The lowest BCUT2D eigenvalue weighted by Gasteiger charge is -2.30. The van der Waals surface area contributed by atoms with Crippen LogP contribution in [0.5, 0.6) is 5.75 Å². The van der Waals surface area contributed by atoms with Crippen molar-refractivity contribution < 1.29 is 9.13 Å². The van der Waals surface area contributed by atoms with Gasteiger partial charge in [-0.1, -0.05) is 63.7 Å². The molecule has 0 fully saturated rings. The molecule has 1 aliphatic heterocycles. The summed E-state index contributed by atoms with van der Waals surface area (Å²) < 4.78 is 23.4. The standard InChI is InChI=1S/C28H19Br2FN2O2S/c1-35-26-17(12-18(29)14-22(26)30)13-23-27(34)33-25(16-6-9-19(31)10-7-16)21-11-8-15-4-2-3-5-20(15)24(21)32-28(33)36-23/h2-7,9-10,12-14,25H,8,11H2,1H3/b23-13+/t25-/m0/s1. The fourth-order valence-corrected chi connectivity index (χ4v) is 7.42. The summed E-state index contributed by atoms with van der Waals surface area (Å²) in [6, 6.07) is 18.2. The molecule has 1 aromatic heterocycles. The molecule has 0 unspecified atom stereocenters. The van der Waals surface area contributed by atoms with E-state index in [0.717, 1.165) is 49.7 Å². The van der Waals surface area contributed by atoms with Gasteiger partial charge in [-0.2, -0.15) is 0 Å². The second kappa shape index (κ2) is 9.25. The first-order valence-corrected chi connectivity index (χ1v) is 13.8. The van der Waals surface area contributed by atoms with E-state index < -0.39 is 0 Å². The van der Waals surface area contributed by atoms with E-state index in [0.29, 0.717) is 15.1 Å². The van der Waals surface area contributed by atoms with Gasteiger partial charge in [0.05, 0.1) is 27.9 Å². The quantitative estimate of drug-likeness (QED) is 0.281. The Bertz CT molecular complexity index is 1740. The number of ether oxygens (including phenoxy) is 1. The van der Waals surface area contributed by atoms with Crippen LogP contribution in [0.25, 0.3) is 11.8 Å². The Morgan fingerprint density at radius 3 is 2.67 bits per heavy atom. The van der Waals surface area contributed by atoms with Crippen LogP contribution in [0.3, 0.4) is 0 Å². The van der Waals surface area contributed by atoms with Crippen LogP contribution in [0.2, 0.25) is 0 Å². The number of benzene rings is 3. The van der Waals surface area contributed by atoms with Crippen molar-refractivity contribution in [1.82, 2.24) is 4.57 Å². The number of hydrogen-bond acceptors (Lipinski definition) is 4. The molecule has 2 aliphatic rings. The summed E-state index contributed by atoms with van der Waals surface area (Å²) in [5.41, 5.74) is 5.87. The molecule has 36 heavy (non-hydrogen) atoms. The van der Waals surface area contributed by atoms with Gasteiger partial charge >= 0.3 is 0 Å². The lowest BCUT2D eigenvalue weighted by molar-refractivity contribution is 0.411. The molecule has 6 rings (SSSR count). The third-order valence-corrected chi connectivity index (χ3v) is 8.62. The molecule has 0 radical (unpaired) electrons. The first-order valence-electron chi connectivity index (χ1n) is 11.4. The van der Waals surface area contributed by atoms with Crippen molar-refractivity contribution in [2.24, 2.45) is 4.99 Å². The molecule has 4 aromatic rings. The highest BCUT2D eigenvalue weighted by Crippen LogP contribution is 2.41. The Morgan fingerprint density at radius 2 is 1.89 bits per heavy atom. The van der Waals surface area contributed by atoms with Gasteiger partial charge in [-0.05, 0) is 75.8 Å². The van der Waals surface area contributed by atoms with Crippen LogP contribution in [0.1, 0.15) is 34.7 Å². The molecule has 8 heteroatoms. The molecule has 0 amide bonds. The van der Waals surface area contributed by atoms with E-state index in [-0.39, 0.29) is 17.4 Å². The van der Waals surface area contributed by atoms with E-state index in [2.05, 4.69) is 44.0 Å². The van der Waals surface area contributed by atoms with E-state index in [9.17, 15) is 9.18 Å². The normalized spacial score (nSPS) is 16.8. The van der Waals surface area contributed by atoms with E-state index in [1.165, 1.54) is 29.0 Å². The summed E-state index contributed by atoms with van der Waals surface area (Å²) in [6.07, 6.45) is 3.50. The van der Waals surface area contributed by atoms with Crippen LogP contribution in [0.15, 0.2) is 85.0 Å². The fraction of sp³-hybridized carbons (Fsp3) is 0.143. The predicted octanol–water partition coefficient (Wildman–Crippen LogP) is 5.99. The number of nitrogens with zero attached hydrogens (tertiary/aromatic N) is 2. The minimum atomic E-state index is -0.344. The largest absolute Gasteiger partial charge is 0.495 e. The fourth-order valence-electron chi connectivity index (χ4n) is 5.01. The number of thiazole rings is 1. The van der Waals surface area contributed by atoms with E-state index >= 15 is 0 Å². The van der Waals surface area contributed by atoms with Crippen molar-refractivity contribution in [2.45, 2.75) is 18.9 Å². The Labute approximate surface area is 227 Å². The van der Waals surface area contributed by atoms with Gasteiger partial charge in [0.25, 0.3) is 5.56 Å². The molecule has 1 atom stereocenters. The Kier molecular flexibility index (Phi) is 6.06. The molecular weight excluding hydrogens is 607 g/mol. The van der Waals surface area contributed by atoms with Gasteiger partial charge in [0, 0.05) is 15.6 Å². The maximum atomic E-state index is 13.9. The molecule has 0 saturated carbocycles. The third-order valence-electron chi connectivity index (χ3n) is 6.59. The zero-order chi connectivity index (χ0) is 25.0. The number of aromatic nitrogens is 1. The molecule has 0 saturated heterocycles. The van der Waals surface area contributed by atoms with Crippen LogP contribution in [0.4, 0.5) is 4.39 Å². The molecule has 2 heterocycles. The number of rotatable bonds is 3. The summed E-state index contributed by atoms with van der Waals surface area (Å²) in [4.78, 5) is 19.5. The molecule has 180 valence electrons. The lowest BCUT2D eigenvalue weighted by atomic mass is 9.83. The Balaban J connectivity index is 1.63. The summed E-state index contributed by atoms with van der Waals surface area (Å²) in [7, 11) is 1.60.